The first kappa shape index (κ1) is 18.7. The molecule has 2 aromatic rings. The molecule has 140 valence electrons. The Morgan fingerprint density at radius 3 is 2.27 bits per heavy atom. The van der Waals surface area contributed by atoms with Crippen molar-refractivity contribution >= 4 is 15.7 Å². The average molecular weight is 375 g/mol. The number of hydrogen-bond acceptors (Lipinski definition) is 4. The zero-order valence-electron chi connectivity index (χ0n) is 15.3. The number of ether oxygens (including phenoxy) is 1. The lowest BCUT2D eigenvalue weighted by molar-refractivity contribution is 0.114. The fourth-order valence-corrected chi connectivity index (χ4v) is 4.21. The number of nitrogens with one attached hydrogen (secondary N) is 1. The van der Waals surface area contributed by atoms with Crippen LogP contribution in [0.25, 0.3) is 0 Å². The maximum absolute atomic E-state index is 12.3. The Bertz CT molecular complexity index is 809. The summed E-state index contributed by atoms with van der Waals surface area (Å²) in [4.78, 5) is 2.30. The molecule has 0 aromatic heterocycles. The third kappa shape index (κ3) is 5.47. The van der Waals surface area contributed by atoms with Gasteiger partial charge in [0.1, 0.15) is 11.9 Å². The monoisotopic (exact) mass is 374 g/mol. The van der Waals surface area contributed by atoms with Crippen LogP contribution < -0.4 is 9.46 Å². The van der Waals surface area contributed by atoms with E-state index < -0.39 is 10.0 Å². The summed E-state index contributed by atoms with van der Waals surface area (Å²) in [6.45, 7) is 4.06. The lowest BCUT2D eigenvalue weighted by Gasteiger charge is -2.29. The summed E-state index contributed by atoms with van der Waals surface area (Å²) in [5, 5.41) is 0. The maximum atomic E-state index is 12.3. The number of piperidine rings is 1. The van der Waals surface area contributed by atoms with E-state index in [9.17, 15) is 8.42 Å². The van der Waals surface area contributed by atoms with Crippen LogP contribution in [-0.4, -0.2) is 39.6 Å². The van der Waals surface area contributed by atoms with E-state index in [-0.39, 0.29) is 11.9 Å². The Labute approximate surface area is 156 Å². The van der Waals surface area contributed by atoms with E-state index in [4.69, 9.17) is 4.74 Å². The minimum Gasteiger partial charge on any atom is -0.490 e. The smallest absolute Gasteiger partial charge is 0.236 e. The molecule has 1 aliphatic rings. The molecule has 0 saturated carbocycles. The van der Waals surface area contributed by atoms with Crippen molar-refractivity contribution in [3.63, 3.8) is 0 Å². The molecule has 0 spiro atoms. The molecule has 3 rings (SSSR count). The highest BCUT2D eigenvalue weighted by Crippen LogP contribution is 2.22. The van der Waals surface area contributed by atoms with Gasteiger partial charge in [-0.25, -0.2) is 8.42 Å². The van der Waals surface area contributed by atoms with Gasteiger partial charge in [0.05, 0.1) is 5.75 Å². The molecule has 1 N–H and O–H groups in total. The highest BCUT2D eigenvalue weighted by molar-refractivity contribution is 7.91. The van der Waals surface area contributed by atoms with Crippen molar-refractivity contribution in [1.29, 1.82) is 0 Å². The van der Waals surface area contributed by atoms with Crippen LogP contribution in [-0.2, 0) is 15.8 Å². The Kier molecular flexibility index (Phi) is 5.84. The van der Waals surface area contributed by atoms with Crippen LogP contribution in [0.1, 0.15) is 24.0 Å². The quantitative estimate of drug-likeness (QED) is 0.842. The van der Waals surface area contributed by atoms with Crippen LogP contribution >= 0.6 is 0 Å². The minimum atomic E-state index is -3.44. The van der Waals surface area contributed by atoms with Crippen LogP contribution in [0, 0.1) is 6.92 Å². The number of rotatable bonds is 6. The Morgan fingerprint density at radius 1 is 1.04 bits per heavy atom. The van der Waals surface area contributed by atoms with Crippen molar-refractivity contribution in [2.45, 2.75) is 31.6 Å². The number of anilines is 1. The fraction of sp³-hybridized carbons (Fsp3) is 0.400. The molecule has 0 amide bonds. The van der Waals surface area contributed by atoms with Gasteiger partial charge in [0.2, 0.25) is 10.0 Å². The van der Waals surface area contributed by atoms with E-state index in [1.54, 1.807) is 12.1 Å². The molecule has 1 fully saturated rings. The Balaban J connectivity index is 1.57. The predicted molar refractivity (Wildman–Crippen MR) is 105 cm³/mol. The molecule has 1 aliphatic heterocycles. The molecule has 6 heteroatoms. The van der Waals surface area contributed by atoms with Gasteiger partial charge in [0, 0.05) is 18.8 Å². The topological polar surface area (TPSA) is 58.6 Å². The van der Waals surface area contributed by atoms with Gasteiger partial charge in [0.25, 0.3) is 0 Å². The second-order valence-electron chi connectivity index (χ2n) is 6.99. The van der Waals surface area contributed by atoms with Crippen molar-refractivity contribution in [3.8, 4) is 5.75 Å². The van der Waals surface area contributed by atoms with E-state index in [1.807, 2.05) is 43.3 Å². The molecule has 0 bridgehead atoms. The van der Waals surface area contributed by atoms with Gasteiger partial charge in [-0.1, -0.05) is 29.8 Å². The first-order valence-corrected chi connectivity index (χ1v) is 10.6. The van der Waals surface area contributed by atoms with Crippen molar-refractivity contribution in [1.82, 2.24) is 4.90 Å². The molecule has 5 nitrogen and oxygen atoms in total. The second-order valence-corrected chi connectivity index (χ2v) is 8.71. The van der Waals surface area contributed by atoms with E-state index in [0.29, 0.717) is 5.69 Å². The standard InChI is InChI=1S/C20H26N2O3S/c1-16-3-5-17(6-4-16)15-26(23,24)21-18-7-9-19(10-8-18)25-20-11-13-22(2)14-12-20/h3-10,20-21H,11-15H2,1-2H3. The minimum absolute atomic E-state index is 0.0406. The van der Waals surface area contributed by atoms with Crippen molar-refractivity contribution < 1.29 is 13.2 Å². The molecule has 1 heterocycles. The van der Waals surface area contributed by atoms with Gasteiger partial charge in [-0.15, -0.1) is 0 Å². The first-order valence-electron chi connectivity index (χ1n) is 8.91. The molecule has 2 aromatic carbocycles. The molecule has 26 heavy (non-hydrogen) atoms. The molecule has 1 saturated heterocycles. The third-order valence-corrected chi connectivity index (χ3v) is 5.83. The predicted octanol–water partition coefficient (Wildman–Crippen LogP) is 3.41. The van der Waals surface area contributed by atoms with E-state index in [0.717, 1.165) is 42.8 Å². The number of sulfonamides is 1. The van der Waals surface area contributed by atoms with Crippen LogP contribution in [0.15, 0.2) is 48.5 Å². The molecule has 0 unspecified atom stereocenters. The summed E-state index contributed by atoms with van der Waals surface area (Å²) in [6, 6.07) is 14.7. The Morgan fingerprint density at radius 2 is 1.65 bits per heavy atom. The average Bonchev–Trinajstić information content (AvgIpc) is 2.60. The Hall–Kier alpha value is -2.05. The lowest BCUT2D eigenvalue weighted by atomic mass is 10.1. The maximum Gasteiger partial charge on any atom is 0.236 e. The highest BCUT2D eigenvalue weighted by atomic mass is 32.2. The third-order valence-electron chi connectivity index (χ3n) is 4.57. The first-order chi connectivity index (χ1) is 12.4. The van der Waals surface area contributed by atoms with E-state index in [1.165, 1.54) is 0 Å². The van der Waals surface area contributed by atoms with Gasteiger partial charge in [0.15, 0.2) is 0 Å². The summed E-state index contributed by atoms with van der Waals surface area (Å²) in [6.07, 6.45) is 2.26. The van der Waals surface area contributed by atoms with Crippen LogP contribution in [0.5, 0.6) is 5.75 Å². The number of hydrogen-bond donors (Lipinski definition) is 1. The van der Waals surface area contributed by atoms with Crippen molar-refractivity contribution in [3.05, 3.63) is 59.7 Å². The van der Waals surface area contributed by atoms with Crippen LogP contribution in [0.4, 0.5) is 5.69 Å². The number of nitrogens with zero attached hydrogens (tertiary/aromatic N) is 1. The molecular weight excluding hydrogens is 348 g/mol. The number of likely N-dealkylation sites (tertiary alicyclic amines) is 1. The molecule has 0 aliphatic carbocycles. The second kappa shape index (κ2) is 8.10. The van der Waals surface area contributed by atoms with E-state index >= 15 is 0 Å². The van der Waals surface area contributed by atoms with Gasteiger partial charge < -0.3 is 9.64 Å². The summed E-state index contributed by atoms with van der Waals surface area (Å²) < 4.78 is 33.3. The molecular formula is C20H26N2O3S. The number of aryl methyl sites for hydroxylation is 1. The van der Waals surface area contributed by atoms with Crippen molar-refractivity contribution in [2.75, 3.05) is 24.9 Å². The van der Waals surface area contributed by atoms with Gasteiger partial charge in [-0.2, -0.15) is 0 Å². The van der Waals surface area contributed by atoms with Crippen LogP contribution in [0.2, 0.25) is 0 Å². The largest absolute Gasteiger partial charge is 0.490 e. The fourth-order valence-electron chi connectivity index (χ4n) is 3.02. The molecule has 0 atom stereocenters. The van der Waals surface area contributed by atoms with E-state index in [2.05, 4.69) is 16.7 Å². The zero-order valence-corrected chi connectivity index (χ0v) is 16.1. The number of benzene rings is 2. The van der Waals surface area contributed by atoms with Crippen LogP contribution in [0.3, 0.4) is 0 Å². The van der Waals surface area contributed by atoms with Gasteiger partial charge >= 0.3 is 0 Å². The van der Waals surface area contributed by atoms with Gasteiger partial charge in [-0.3, -0.25) is 4.72 Å². The van der Waals surface area contributed by atoms with Crippen molar-refractivity contribution in [2.24, 2.45) is 0 Å². The summed E-state index contributed by atoms with van der Waals surface area (Å²) in [5.74, 6) is 0.738. The molecule has 0 radical (unpaired) electrons. The summed E-state index contributed by atoms with van der Waals surface area (Å²) in [7, 11) is -1.32. The summed E-state index contributed by atoms with van der Waals surface area (Å²) in [5.41, 5.74) is 2.43. The highest BCUT2D eigenvalue weighted by Gasteiger charge is 2.18. The summed E-state index contributed by atoms with van der Waals surface area (Å²) >= 11 is 0. The lowest BCUT2D eigenvalue weighted by Crippen LogP contribution is -2.35. The zero-order chi connectivity index (χ0) is 18.6. The SMILES string of the molecule is Cc1ccc(CS(=O)(=O)Nc2ccc(OC3CCN(C)CC3)cc2)cc1. The normalized spacial score (nSPS) is 16.4. The van der Waals surface area contributed by atoms with Gasteiger partial charge in [-0.05, 0) is 56.6 Å².